The summed E-state index contributed by atoms with van der Waals surface area (Å²) in [6.45, 7) is 4.25. The van der Waals surface area contributed by atoms with Gasteiger partial charge < -0.3 is 0 Å². The van der Waals surface area contributed by atoms with Gasteiger partial charge in [-0.25, -0.2) is 0 Å². The lowest BCUT2D eigenvalue weighted by Gasteiger charge is -2.06. The largest absolute Gasteiger partial charge is 0.122 e. The lowest BCUT2D eigenvalue weighted by molar-refractivity contribution is 1.04. The SMILES string of the molecule is C1CPC1.CCC. The summed E-state index contributed by atoms with van der Waals surface area (Å²) in [5.74, 6) is 0. The van der Waals surface area contributed by atoms with E-state index in [0.29, 0.717) is 0 Å². The Morgan fingerprint density at radius 3 is 1.43 bits per heavy atom. The van der Waals surface area contributed by atoms with Gasteiger partial charge >= 0.3 is 0 Å². The number of hydrogen-bond donors (Lipinski definition) is 0. The highest BCUT2D eigenvalue weighted by Crippen LogP contribution is 2.23. The van der Waals surface area contributed by atoms with E-state index in [2.05, 4.69) is 13.8 Å². The van der Waals surface area contributed by atoms with E-state index in [9.17, 15) is 0 Å². The van der Waals surface area contributed by atoms with Crippen LogP contribution in [0.1, 0.15) is 26.7 Å². The van der Waals surface area contributed by atoms with Crippen LogP contribution in [0.4, 0.5) is 0 Å². The van der Waals surface area contributed by atoms with Crippen LogP contribution in [0.2, 0.25) is 0 Å². The van der Waals surface area contributed by atoms with Crippen LogP contribution in [0.25, 0.3) is 0 Å². The summed E-state index contributed by atoms with van der Waals surface area (Å²) in [6.07, 6.45) is 5.82. The number of hydrogen-bond acceptors (Lipinski definition) is 0. The van der Waals surface area contributed by atoms with E-state index >= 15 is 0 Å². The Hall–Kier alpha value is 0.430. The first-order valence-electron chi connectivity index (χ1n) is 3.12. The summed E-state index contributed by atoms with van der Waals surface area (Å²) in [7, 11) is 1.32. The van der Waals surface area contributed by atoms with Gasteiger partial charge in [0.15, 0.2) is 0 Å². The second kappa shape index (κ2) is 6.43. The van der Waals surface area contributed by atoms with Gasteiger partial charge in [-0.2, -0.15) is 0 Å². The van der Waals surface area contributed by atoms with Crippen molar-refractivity contribution in [3.63, 3.8) is 0 Å². The fourth-order valence-corrected chi connectivity index (χ4v) is 0.530. The standard InChI is InChI=1S/C3H7P.C3H8/c1-2-4-3-1;1-3-2/h4H,1-3H2;3H2,1-2H3. The monoisotopic (exact) mass is 118 g/mol. The zero-order valence-electron chi connectivity index (χ0n) is 5.33. The van der Waals surface area contributed by atoms with Crippen molar-refractivity contribution in [3.8, 4) is 0 Å². The van der Waals surface area contributed by atoms with Gasteiger partial charge in [0.25, 0.3) is 0 Å². The molecule has 1 rings (SSSR count). The van der Waals surface area contributed by atoms with E-state index in [4.69, 9.17) is 0 Å². The minimum absolute atomic E-state index is 1.25. The highest BCUT2D eigenvalue weighted by molar-refractivity contribution is 7.39. The van der Waals surface area contributed by atoms with Crippen LogP contribution in [-0.4, -0.2) is 12.3 Å². The highest BCUT2D eigenvalue weighted by Gasteiger charge is 1.94. The van der Waals surface area contributed by atoms with Crippen LogP contribution < -0.4 is 0 Å². The molecule has 0 spiro atoms. The second-order valence-electron chi connectivity index (χ2n) is 1.81. The molecule has 1 heteroatoms. The van der Waals surface area contributed by atoms with Crippen LogP contribution in [0.5, 0.6) is 0 Å². The van der Waals surface area contributed by atoms with Crippen molar-refractivity contribution in [1.82, 2.24) is 0 Å². The molecule has 0 aromatic carbocycles. The smallest absolute Gasteiger partial charge is 0.0350 e. The molecule has 0 N–H and O–H groups in total. The maximum Gasteiger partial charge on any atom is -0.0350 e. The van der Waals surface area contributed by atoms with Gasteiger partial charge in [0.1, 0.15) is 0 Å². The summed E-state index contributed by atoms with van der Waals surface area (Å²) in [5, 5.41) is 0. The number of rotatable bonds is 0. The Labute approximate surface area is 48.5 Å². The van der Waals surface area contributed by atoms with Crippen molar-refractivity contribution in [3.05, 3.63) is 0 Å². The Kier molecular flexibility index (Phi) is 6.82. The van der Waals surface area contributed by atoms with Gasteiger partial charge in [-0.1, -0.05) is 20.3 Å². The lowest BCUT2D eigenvalue weighted by atomic mass is 10.5. The lowest BCUT2D eigenvalue weighted by Crippen LogP contribution is -1.90. The minimum Gasteiger partial charge on any atom is -0.122 e. The van der Waals surface area contributed by atoms with Gasteiger partial charge in [0, 0.05) is 0 Å². The second-order valence-corrected chi connectivity index (χ2v) is 3.31. The van der Waals surface area contributed by atoms with E-state index in [1.807, 2.05) is 0 Å². The van der Waals surface area contributed by atoms with Crippen LogP contribution in [0.15, 0.2) is 0 Å². The molecule has 0 bridgehead atoms. The summed E-state index contributed by atoms with van der Waals surface area (Å²) >= 11 is 0. The topological polar surface area (TPSA) is 0 Å². The zero-order chi connectivity index (χ0) is 5.54. The first kappa shape index (κ1) is 7.43. The van der Waals surface area contributed by atoms with Crippen molar-refractivity contribution < 1.29 is 0 Å². The third kappa shape index (κ3) is 6.43. The fourth-order valence-electron chi connectivity index (χ4n) is 0.177. The van der Waals surface area contributed by atoms with Crippen LogP contribution in [0.3, 0.4) is 0 Å². The van der Waals surface area contributed by atoms with Crippen LogP contribution in [0, 0.1) is 0 Å². The molecule has 1 aliphatic rings. The van der Waals surface area contributed by atoms with Crippen LogP contribution >= 0.6 is 8.58 Å². The molecule has 44 valence electrons. The van der Waals surface area contributed by atoms with Crippen molar-refractivity contribution in [2.45, 2.75) is 26.7 Å². The normalized spacial score (nSPS) is 16.3. The van der Waals surface area contributed by atoms with E-state index < -0.39 is 0 Å². The molecule has 1 heterocycles. The van der Waals surface area contributed by atoms with Crippen molar-refractivity contribution in [2.24, 2.45) is 0 Å². The van der Waals surface area contributed by atoms with E-state index in [1.165, 1.54) is 33.7 Å². The third-order valence-corrected chi connectivity index (χ3v) is 2.12. The highest BCUT2D eigenvalue weighted by atomic mass is 31.1. The predicted molar refractivity (Wildman–Crippen MR) is 38.6 cm³/mol. The minimum atomic E-state index is 1.25. The predicted octanol–water partition coefficient (Wildman–Crippen LogP) is 2.48. The molecule has 0 nitrogen and oxygen atoms in total. The summed E-state index contributed by atoms with van der Waals surface area (Å²) < 4.78 is 0. The molecule has 0 aromatic rings. The maximum atomic E-state index is 2.12. The molecule has 1 saturated heterocycles. The third-order valence-electron chi connectivity index (χ3n) is 0.707. The van der Waals surface area contributed by atoms with Gasteiger partial charge in [-0.3, -0.25) is 0 Å². The molecular weight excluding hydrogens is 103 g/mol. The molecule has 0 unspecified atom stereocenters. The molecule has 0 saturated carbocycles. The maximum absolute atomic E-state index is 2.12. The molecule has 0 aliphatic carbocycles. The molecule has 1 fully saturated rings. The summed E-state index contributed by atoms with van der Waals surface area (Å²) in [4.78, 5) is 0. The van der Waals surface area contributed by atoms with Crippen molar-refractivity contribution >= 4 is 8.58 Å². The molecule has 0 amide bonds. The van der Waals surface area contributed by atoms with E-state index in [-0.39, 0.29) is 0 Å². The van der Waals surface area contributed by atoms with Crippen molar-refractivity contribution in [1.29, 1.82) is 0 Å². The van der Waals surface area contributed by atoms with E-state index in [0.717, 1.165) is 0 Å². The first-order valence-corrected chi connectivity index (χ1v) is 4.54. The molecule has 0 aromatic heterocycles. The Morgan fingerprint density at radius 2 is 1.43 bits per heavy atom. The van der Waals surface area contributed by atoms with Gasteiger partial charge in [-0.05, 0) is 18.7 Å². The Balaban J connectivity index is 0.000000110. The summed E-state index contributed by atoms with van der Waals surface area (Å²) in [6, 6.07) is 0. The van der Waals surface area contributed by atoms with Crippen molar-refractivity contribution in [2.75, 3.05) is 12.3 Å². The van der Waals surface area contributed by atoms with Gasteiger partial charge in [-0.15, -0.1) is 8.58 Å². The van der Waals surface area contributed by atoms with E-state index in [1.54, 1.807) is 0 Å². The Morgan fingerprint density at radius 1 is 1.29 bits per heavy atom. The molecular formula is C6H15P. The average Bonchev–Trinajstić information content (AvgIpc) is 1.27. The average molecular weight is 118 g/mol. The molecule has 7 heavy (non-hydrogen) atoms. The fraction of sp³-hybridized carbons (Fsp3) is 1.00. The first-order chi connectivity index (χ1) is 3.41. The van der Waals surface area contributed by atoms with Gasteiger partial charge in [0.05, 0.1) is 0 Å². The van der Waals surface area contributed by atoms with Gasteiger partial charge in [0.2, 0.25) is 0 Å². The molecule has 1 aliphatic heterocycles. The molecule has 0 atom stereocenters. The zero-order valence-corrected chi connectivity index (χ0v) is 6.33. The summed E-state index contributed by atoms with van der Waals surface area (Å²) in [5.41, 5.74) is 0. The quantitative estimate of drug-likeness (QED) is 0.429. The van der Waals surface area contributed by atoms with Crippen LogP contribution in [-0.2, 0) is 0 Å². The molecule has 0 radical (unpaired) electrons. The Bertz CT molecular complexity index is 19.4.